The Morgan fingerprint density at radius 2 is 1.80 bits per heavy atom. The molecule has 0 aliphatic rings. The van der Waals surface area contributed by atoms with Crippen molar-refractivity contribution in [3.8, 4) is 11.5 Å². The van der Waals surface area contributed by atoms with Gasteiger partial charge in [-0.1, -0.05) is 48.5 Å². The minimum absolute atomic E-state index is 0.0666. The first-order chi connectivity index (χ1) is 23.6. The van der Waals surface area contributed by atoms with Gasteiger partial charge in [0, 0.05) is 38.1 Å². The van der Waals surface area contributed by atoms with Gasteiger partial charge in [-0.15, -0.1) is 0 Å². The maximum absolute atomic E-state index is 13.4. The smallest absolute Gasteiger partial charge is 0.405 e. The van der Waals surface area contributed by atoms with Gasteiger partial charge in [-0.25, -0.2) is 4.79 Å². The molecule has 0 bridgehead atoms. The zero-order valence-electron chi connectivity index (χ0n) is 27.3. The van der Waals surface area contributed by atoms with E-state index in [2.05, 4.69) is 20.7 Å². The first kappa shape index (κ1) is 34.7. The number of nitrogens with one attached hydrogen (secondary N) is 3. The van der Waals surface area contributed by atoms with Crippen molar-refractivity contribution < 1.29 is 29.6 Å². The van der Waals surface area contributed by atoms with Crippen LogP contribution in [0.15, 0.2) is 89.7 Å². The number of aryl methyl sites for hydroxylation is 1. The molecule has 0 fully saturated rings. The number of aromatic amines is 1. The number of aromatic nitrogens is 3. The van der Waals surface area contributed by atoms with Crippen LogP contribution in [0.25, 0.3) is 10.9 Å². The second kappa shape index (κ2) is 16.0. The Labute approximate surface area is 282 Å². The van der Waals surface area contributed by atoms with E-state index in [9.17, 15) is 29.7 Å². The van der Waals surface area contributed by atoms with Gasteiger partial charge in [0.1, 0.15) is 29.5 Å². The van der Waals surface area contributed by atoms with E-state index in [-0.39, 0.29) is 35.9 Å². The van der Waals surface area contributed by atoms with Crippen LogP contribution in [0.3, 0.4) is 0 Å². The molecule has 256 valence electrons. The molecule has 13 heteroatoms. The number of amides is 2. The first-order valence-corrected chi connectivity index (χ1v) is 16.0. The highest BCUT2D eigenvalue weighted by Crippen LogP contribution is 2.29. The van der Waals surface area contributed by atoms with E-state index in [4.69, 9.17) is 4.74 Å². The third-order valence-corrected chi connectivity index (χ3v) is 8.13. The number of fused-ring (bicyclic) bond motifs is 1. The van der Waals surface area contributed by atoms with Crippen LogP contribution in [-0.4, -0.2) is 73.7 Å². The predicted octanol–water partition coefficient (Wildman–Crippen LogP) is 4.17. The summed E-state index contributed by atoms with van der Waals surface area (Å²) in [4.78, 5) is 40.8. The number of hydrogen-bond donors (Lipinski definition) is 6. The normalized spacial score (nSPS) is 12.4. The minimum atomic E-state index is -1.14. The molecule has 6 N–H and O–H groups in total. The molecule has 2 heterocycles. The number of rotatable bonds is 15. The second-order valence-corrected chi connectivity index (χ2v) is 11.6. The van der Waals surface area contributed by atoms with E-state index in [0.29, 0.717) is 54.1 Å². The number of ether oxygens (including phenoxy) is 1. The molecule has 0 aliphatic heterocycles. The Hall–Kier alpha value is -5.66. The van der Waals surface area contributed by atoms with Crippen LogP contribution in [0.2, 0.25) is 0 Å². The van der Waals surface area contributed by atoms with Gasteiger partial charge in [0.05, 0.1) is 17.7 Å². The molecule has 0 spiro atoms. The number of aliphatic hydroxyl groups excluding tert-OH is 1. The lowest BCUT2D eigenvalue weighted by Gasteiger charge is -2.18. The van der Waals surface area contributed by atoms with Gasteiger partial charge in [0.15, 0.2) is 0 Å². The number of carbonyl (C=O) groups excluding carboxylic acids is 1. The SMILES string of the molecule is CCn1nc(COc2cccc([C@@H](NC(=O)O)c3ccccc3)c2)cc1C(=O)N(C)CCCNC[C@H](O)c1ccc(O)c2[nH]c(=O)ccc12. The number of phenolic OH excluding ortho intramolecular Hbond substituents is 1. The summed E-state index contributed by atoms with van der Waals surface area (Å²) in [7, 11) is 1.73. The average molecular weight is 669 g/mol. The van der Waals surface area contributed by atoms with E-state index < -0.39 is 18.2 Å². The third-order valence-electron chi connectivity index (χ3n) is 8.13. The summed E-state index contributed by atoms with van der Waals surface area (Å²) in [5, 5.41) is 41.2. The largest absolute Gasteiger partial charge is 0.506 e. The molecule has 5 aromatic rings. The maximum Gasteiger partial charge on any atom is 0.405 e. The number of carboxylic acid groups (broad SMARTS) is 1. The van der Waals surface area contributed by atoms with E-state index in [1.165, 1.54) is 12.1 Å². The van der Waals surface area contributed by atoms with E-state index in [1.807, 2.05) is 43.3 Å². The topological polar surface area (TPSA) is 182 Å². The van der Waals surface area contributed by atoms with Crippen molar-refractivity contribution in [3.63, 3.8) is 0 Å². The molecule has 0 radical (unpaired) electrons. The molecule has 13 nitrogen and oxygen atoms in total. The lowest BCUT2D eigenvalue weighted by atomic mass is 9.99. The highest BCUT2D eigenvalue weighted by molar-refractivity contribution is 5.92. The average Bonchev–Trinajstić information content (AvgIpc) is 3.53. The van der Waals surface area contributed by atoms with Gasteiger partial charge in [0.25, 0.3) is 5.91 Å². The van der Waals surface area contributed by atoms with Crippen molar-refractivity contribution in [2.24, 2.45) is 0 Å². The Balaban J connectivity index is 1.14. The summed E-state index contributed by atoms with van der Waals surface area (Å²) in [6.07, 6.45) is -1.38. The summed E-state index contributed by atoms with van der Waals surface area (Å²) >= 11 is 0. The van der Waals surface area contributed by atoms with Crippen molar-refractivity contribution in [3.05, 3.63) is 123 Å². The summed E-state index contributed by atoms with van der Waals surface area (Å²) < 4.78 is 7.66. The fourth-order valence-electron chi connectivity index (χ4n) is 5.66. The number of hydrogen-bond acceptors (Lipinski definition) is 8. The van der Waals surface area contributed by atoms with Crippen molar-refractivity contribution >= 4 is 22.9 Å². The van der Waals surface area contributed by atoms with Gasteiger partial charge in [-0.2, -0.15) is 5.10 Å². The van der Waals surface area contributed by atoms with Gasteiger partial charge in [0.2, 0.25) is 5.56 Å². The van der Waals surface area contributed by atoms with Crippen LogP contribution in [-0.2, 0) is 13.2 Å². The Kier molecular flexibility index (Phi) is 11.3. The van der Waals surface area contributed by atoms with Crippen molar-refractivity contribution in [2.75, 3.05) is 26.7 Å². The number of aliphatic hydroxyl groups is 1. The third kappa shape index (κ3) is 8.63. The molecule has 0 unspecified atom stereocenters. The quantitative estimate of drug-likeness (QED) is 0.0892. The molecule has 3 aromatic carbocycles. The summed E-state index contributed by atoms with van der Waals surface area (Å²) in [5.41, 5.74) is 3.05. The van der Waals surface area contributed by atoms with Crippen LogP contribution < -0.4 is 20.9 Å². The van der Waals surface area contributed by atoms with Gasteiger partial charge < -0.3 is 40.6 Å². The van der Waals surface area contributed by atoms with E-state index in [0.717, 1.165) is 11.1 Å². The maximum atomic E-state index is 13.4. The fraction of sp³-hybridized carbons (Fsp3) is 0.278. The van der Waals surface area contributed by atoms with Crippen molar-refractivity contribution in [2.45, 2.75) is 38.6 Å². The number of H-pyrrole nitrogens is 1. The molecule has 2 amide bonds. The molecule has 49 heavy (non-hydrogen) atoms. The van der Waals surface area contributed by atoms with E-state index in [1.54, 1.807) is 53.0 Å². The van der Waals surface area contributed by atoms with Gasteiger partial charge >= 0.3 is 6.09 Å². The lowest BCUT2D eigenvalue weighted by Crippen LogP contribution is -2.32. The Morgan fingerprint density at radius 1 is 1.02 bits per heavy atom. The number of nitrogens with zero attached hydrogens (tertiary/aromatic N) is 3. The zero-order chi connectivity index (χ0) is 34.9. The Bertz CT molecular complexity index is 1960. The predicted molar refractivity (Wildman–Crippen MR) is 184 cm³/mol. The second-order valence-electron chi connectivity index (χ2n) is 11.6. The van der Waals surface area contributed by atoms with Crippen LogP contribution in [0.1, 0.15) is 58.4 Å². The number of phenols is 1. The summed E-state index contributed by atoms with van der Waals surface area (Å²) in [5.74, 6) is 0.286. The summed E-state index contributed by atoms with van der Waals surface area (Å²) in [6, 6.07) is 23.6. The van der Waals surface area contributed by atoms with Gasteiger partial charge in [-0.3, -0.25) is 14.3 Å². The Morgan fingerprint density at radius 3 is 2.55 bits per heavy atom. The zero-order valence-corrected chi connectivity index (χ0v) is 27.3. The number of benzene rings is 3. The van der Waals surface area contributed by atoms with E-state index >= 15 is 0 Å². The molecule has 5 rings (SSSR count). The van der Waals surface area contributed by atoms with Crippen molar-refractivity contribution in [1.82, 2.24) is 30.3 Å². The standard InChI is InChI=1S/C36H40N6O7/c1-3-42-29(20-25(40-42)22-49-26-12-7-11-24(19-26)33(39-36(47)48)23-9-5-4-6-10-23)35(46)41(2)18-8-17-37-21-31(44)27-13-15-30(43)34-28(27)14-16-32(45)38-34/h4-7,9-16,19-20,31,33,37,39,43-44H,3,8,17-18,21-22H2,1-2H3,(H,38,45)(H,47,48)/t31-,33-/m0/s1. The number of carbonyl (C=O) groups is 2. The van der Waals surface area contributed by atoms with Crippen LogP contribution in [0, 0.1) is 0 Å². The number of aromatic hydroxyl groups is 1. The highest BCUT2D eigenvalue weighted by atomic mass is 16.5. The fourth-order valence-corrected chi connectivity index (χ4v) is 5.66. The molecular weight excluding hydrogens is 628 g/mol. The molecular formula is C36H40N6O7. The number of pyridine rings is 1. The van der Waals surface area contributed by atoms with Crippen LogP contribution >= 0.6 is 0 Å². The van der Waals surface area contributed by atoms with Crippen LogP contribution in [0.4, 0.5) is 4.79 Å². The van der Waals surface area contributed by atoms with Crippen LogP contribution in [0.5, 0.6) is 11.5 Å². The molecule has 2 atom stereocenters. The van der Waals surface area contributed by atoms with Crippen molar-refractivity contribution in [1.29, 1.82) is 0 Å². The molecule has 0 saturated heterocycles. The summed E-state index contributed by atoms with van der Waals surface area (Å²) in [6.45, 7) is 3.76. The lowest BCUT2D eigenvalue weighted by molar-refractivity contribution is 0.0780. The minimum Gasteiger partial charge on any atom is -0.506 e. The van der Waals surface area contributed by atoms with Gasteiger partial charge in [-0.05, 0) is 66.9 Å². The highest BCUT2D eigenvalue weighted by Gasteiger charge is 2.20. The first-order valence-electron chi connectivity index (χ1n) is 16.0. The monoisotopic (exact) mass is 668 g/mol. The molecule has 2 aromatic heterocycles. The molecule has 0 saturated carbocycles. The molecule has 0 aliphatic carbocycles.